The molecule has 0 aliphatic heterocycles. The largest absolute Gasteiger partial charge is 0.357 e. The van der Waals surface area contributed by atoms with Crippen LogP contribution < -0.4 is 10.0 Å². The van der Waals surface area contributed by atoms with E-state index >= 15 is 0 Å². The molecule has 2 heterocycles. The van der Waals surface area contributed by atoms with Crippen molar-refractivity contribution in [3.05, 3.63) is 12.4 Å². The van der Waals surface area contributed by atoms with E-state index in [9.17, 15) is 8.42 Å². The summed E-state index contributed by atoms with van der Waals surface area (Å²) in [5, 5.41) is 9.52. The van der Waals surface area contributed by atoms with Crippen LogP contribution in [0.25, 0.3) is 0 Å². The van der Waals surface area contributed by atoms with E-state index in [-0.39, 0.29) is 10.0 Å². The van der Waals surface area contributed by atoms with Crippen molar-refractivity contribution in [1.82, 2.24) is 24.8 Å². The summed E-state index contributed by atoms with van der Waals surface area (Å²) in [6.07, 6.45) is 2.38. The van der Waals surface area contributed by atoms with Gasteiger partial charge in [-0.3, -0.25) is 4.72 Å². The zero-order valence-electron chi connectivity index (χ0n) is 8.52. The maximum absolute atomic E-state index is 11.8. The Bertz CT molecular complexity index is 579. The van der Waals surface area contributed by atoms with E-state index in [0.717, 1.165) is 11.5 Å². The molecule has 0 saturated carbocycles. The lowest BCUT2D eigenvalue weighted by Crippen LogP contribution is -2.13. The third-order valence-electron chi connectivity index (χ3n) is 1.68. The highest BCUT2D eigenvalue weighted by Crippen LogP contribution is 2.14. The van der Waals surface area contributed by atoms with Crippen LogP contribution >= 0.6 is 11.5 Å². The summed E-state index contributed by atoms with van der Waals surface area (Å²) in [7, 11) is -2.11. The Labute approximate surface area is 101 Å². The molecule has 0 radical (unpaired) electrons. The standard InChI is InChI=1S/C6H7N7O2S2/c1-7-5-8-2-4(3-9-5)17(14,15)11-6-10-12-13-16-6/h2-3H,1H3,(H,7,8,9)(H,10,11,13). The second-order valence-corrected chi connectivity index (χ2v) is 5.18. The van der Waals surface area contributed by atoms with Crippen LogP contribution in [-0.4, -0.2) is 40.2 Å². The second-order valence-electron chi connectivity index (χ2n) is 2.77. The summed E-state index contributed by atoms with van der Waals surface area (Å²) in [6.45, 7) is 0. The molecule has 0 aliphatic rings. The van der Waals surface area contributed by atoms with Gasteiger partial charge in [0.05, 0.1) is 12.4 Å². The highest BCUT2D eigenvalue weighted by atomic mass is 32.2. The minimum absolute atomic E-state index is 0.0632. The van der Waals surface area contributed by atoms with Crippen molar-refractivity contribution in [2.24, 2.45) is 0 Å². The van der Waals surface area contributed by atoms with Crippen LogP contribution in [0.1, 0.15) is 0 Å². The Morgan fingerprint density at radius 1 is 1.29 bits per heavy atom. The van der Waals surface area contributed by atoms with Gasteiger partial charge in [0.15, 0.2) is 0 Å². The fourth-order valence-corrected chi connectivity index (χ4v) is 2.40. The van der Waals surface area contributed by atoms with Crippen molar-refractivity contribution in [2.45, 2.75) is 4.90 Å². The Balaban J connectivity index is 2.25. The van der Waals surface area contributed by atoms with Crippen molar-refractivity contribution in [3.63, 3.8) is 0 Å². The van der Waals surface area contributed by atoms with Crippen LogP contribution in [0.2, 0.25) is 0 Å². The number of anilines is 2. The van der Waals surface area contributed by atoms with Gasteiger partial charge in [-0.05, 0) is 5.21 Å². The molecule has 2 rings (SSSR count). The fraction of sp³-hybridized carbons (Fsp3) is 0.167. The molecule has 2 N–H and O–H groups in total. The van der Waals surface area contributed by atoms with Gasteiger partial charge in [0, 0.05) is 18.6 Å². The summed E-state index contributed by atoms with van der Waals surface area (Å²) in [5.41, 5.74) is 0. The number of sulfonamides is 1. The Hall–Kier alpha value is -1.88. The predicted molar refractivity (Wildman–Crippen MR) is 60.1 cm³/mol. The van der Waals surface area contributed by atoms with Crippen molar-refractivity contribution in [2.75, 3.05) is 17.1 Å². The first kappa shape index (κ1) is 11.6. The van der Waals surface area contributed by atoms with Crippen LogP contribution in [0.3, 0.4) is 0 Å². The van der Waals surface area contributed by atoms with Gasteiger partial charge in [0.2, 0.25) is 11.1 Å². The SMILES string of the molecule is CNc1ncc(S(=O)(=O)Nc2nnns2)cn1. The van der Waals surface area contributed by atoms with E-state index in [1.54, 1.807) is 7.05 Å². The lowest BCUT2D eigenvalue weighted by Gasteiger charge is -2.03. The number of aromatic nitrogens is 5. The van der Waals surface area contributed by atoms with Gasteiger partial charge >= 0.3 is 0 Å². The van der Waals surface area contributed by atoms with Crippen molar-refractivity contribution >= 4 is 32.6 Å². The minimum atomic E-state index is -3.74. The Morgan fingerprint density at radius 2 is 2.00 bits per heavy atom. The zero-order valence-corrected chi connectivity index (χ0v) is 10.2. The highest BCUT2D eigenvalue weighted by molar-refractivity contribution is 7.92. The first-order chi connectivity index (χ1) is 8.12. The molecule has 90 valence electrons. The minimum Gasteiger partial charge on any atom is -0.357 e. The molecule has 0 spiro atoms. The van der Waals surface area contributed by atoms with Gasteiger partial charge in [0.25, 0.3) is 10.0 Å². The summed E-state index contributed by atoms with van der Waals surface area (Å²) in [5.74, 6) is 0.335. The maximum atomic E-state index is 11.8. The van der Waals surface area contributed by atoms with Crippen molar-refractivity contribution in [1.29, 1.82) is 0 Å². The molecule has 0 fully saturated rings. The average molecular weight is 273 g/mol. The molecule has 0 amide bonds. The molecular weight excluding hydrogens is 266 g/mol. The van der Waals surface area contributed by atoms with Gasteiger partial charge in [-0.15, -0.1) is 0 Å². The number of nitrogens with zero attached hydrogens (tertiary/aromatic N) is 5. The fourth-order valence-electron chi connectivity index (χ4n) is 0.931. The van der Waals surface area contributed by atoms with E-state index in [1.165, 1.54) is 12.4 Å². The summed E-state index contributed by atoms with van der Waals surface area (Å²) in [4.78, 5) is 7.54. The smallest absolute Gasteiger partial charge is 0.266 e. The molecule has 0 saturated heterocycles. The summed E-state index contributed by atoms with van der Waals surface area (Å²) < 4.78 is 29.2. The highest BCUT2D eigenvalue weighted by Gasteiger charge is 2.17. The van der Waals surface area contributed by atoms with Gasteiger partial charge in [-0.1, -0.05) is 9.59 Å². The molecule has 0 aliphatic carbocycles. The molecular formula is C6H7N7O2S2. The maximum Gasteiger partial charge on any atom is 0.266 e. The van der Waals surface area contributed by atoms with Crippen LogP contribution in [-0.2, 0) is 10.0 Å². The summed E-state index contributed by atoms with van der Waals surface area (Å²) >= 11 is 0.836. The van der Waals surface area contributed by atoms with E-state index in [2.05, 4.69) is 34.8 Å². The first-order valence-electron chi connectivity index (χ1n) is 4.29. The molecule has 9 nitrogen and oxygen atoms in total. The predicted octanol–water partition coefficient (Wildman–Crippen LogP) is -0.434. The average Bonchev–Trinajstić information content (AvgIpc) is 2.81. The molecule has 0 atom stereocenters. The van der Waals surface area contributed by atoms with Crippen LogP contribution in [0.15, 0.2) is 17.3 Å². The monoisotopic (exact) mass is 273 g/mol. The normalized spacial score (nSPS) is 11.1. The third kappa shape index (κ3) is 2.62. The first-order valence-corrected chi connectivity index (χ1v) is 6.55. The van der Waals surface area contributed by atoms with Gasteiger partial charge in [-0.25, -0.2) is 18.4 Å². The Morgan fingerprint density at radius 3 is 2.53 bits per heavy atom. The van der Waals surface area contributed by atoms with E-state index in [1.807, 2.05) is 0 Å². The van der Waals surface area contributed by atoms with Crippen LogP contribution in [0, 0.1) is 0 Å². The summed E-state index contributed by atoms with van der Waals surface area (Å²) in [6, 6.07) is 0. The zero-order chi connectivity index (χ0) is 12.3. The van der Waals surface area contributed by atoms with E-state index < -0.39 is 10.0 Å². The van der Waals surface area contributed by atoms with Crippen LogP contribution in [0.4, 0.5) is 11.1 Å². The third-order valence-corrected chi connectivity index (χ3v) is 3.62. The molecule has 0 unspecified atom stereocenters. The van der Waals surface area contributed by atoms with E-state index in [0.29, 0.717) is 5.95 Å². The van der Waals surface area contributed by atoms with Gasteiger partial charge in [0.1, 0.15) is 4.90 Å². The van der Waals surface area contributed by atoms with Crippen molar-refractivity contribution < 1.29 is 8.42 Å². The second kappa shape index (κ2) is 4.55. The number of rotatable bonds is 4. The van der Waals surface area contributed by atoms with Gasteiger partial charge in [-0.2, -0.15) is 0 Å². The van der Waals surface area contributed by atoms with Crippen molar-refractivity contribution in [3.8, 4) is 0 Å². The number of nitrogens with one attached hydrogen (secondary N) is 2. The molecule has 17 heavy (non-hydrogen) atoms. The number of hydrogen-bond donors (Lipinski definition) is 2. The topological polar surface area (TPSA) is 123 Å². The molecule has 0 aromatic carbocycles. The molecule has 0 bridgehead atoms. The molecule has 11 heteroatoms. The quantitative estimate of drug-likeness (QED) is 0.769. The Kier molecular flexibility index (Phi) is 3.10. The van der Waals surface area contributed by atoms with E-state index in [4.69, 9.17) is 0 Å². The van der Waals surface area contributed by atoms with Crippen LogP contribution in [0.5, 0.6) is 0 Å². The molecule has 2 aromatic rings. The number of hydrogen-bond acceptors (Lipinski definition) is 9. The van der Waals surface area contributed by atoms with Gasteiger partial charge < -0.3 is 5.32 Å². The lowest BCUT2D eigenvalue weighted by molar-refractivity contribution is 0.600. The molecule has 2 aromatic heterocycles. The lowest BCUT2D eigenvalue weighted by atomic mass is 10.7.